The smallest absolute Gasteiger partial charge is 0.251 e. The van der Waals surface area contributed by atoms with Crippen molar-refractivity contribution in [1.82, 2.24) is 15.2 Å². The molecule has 0 radical (unpaired) electrons. The Morgan fingerprint density at radius 1 is 1.63 bits per heavy atom. The van der Waals surface area contributed by atoms with E-state index in [1.807, 2.05) is 6.92 Å². The Labute approximate surface area is 116 Å². The zero-order valence-electron chi connectivity index (χ0n) is 11.0. The molecule has 0 aliphatic carbocycles. The van der Waals surface area contributed by atoms with Gasteiger partial charge in [-0.2, -0.15) is 0 Å². The second-order valence-electron chi connectivity index (χ2n) is 4.46. The summed E-state index contributed by atoms with van der Waals surface area (Å²) >= 11 is 1.60. The van der Waals surface area contributed by atoms with Crippen molar-refractivity contribution in [3.63, 3.8) is 0 Å². The van der Waals surface area contributed by atoms with Gasteiger partial charge in [-0.15, -0.1) is 11.8 Å². The van der Waals surface area contributed by atoms with Crippen molar-refractivity contribution in [2.45, 2.75) is 24.4 Å². The van der Waals surface area contributed by atoms with Crippen LogP contribution in [0.3, 0.4) is 0 Å². The van der Waals surface area contributed by atoms with Crippen molar-refractivity contribution in [3.05, 3.63) is 23.9 Å². The molecule has 0 spiro atoms. The molecule has 1 fully saturated rings. The highest BCUT2D eigenvalue weighted by atomic mass is 32.2. The van der Waals surface area contributed by atoms with Crippen LogP contribution in [0.5, 0.6) is 0 Å². The van der Waals surface area contributed by atoms with E-state index in [0.717, 1.165) is 10.8 Å². The van der Waals surface area contributed by atoms with E-state index >= 15 is 0 Å². The highest BCUT2D eigenvalue weighted by Crippen LogP contribution is 2.16. The van der Waals surface area contributed by atoms with E-state index in [1.54, 1.807) is 42.0 Å². The van der Waals surface area contributed by atoms with Crippen LogP contribution in [0.25, 0.3) is 0 Å². The fourth-order valence-corrected chi connectivity index (χ4v) is 2.65. The third kappa shape index (κ3) is 3.47. The largest absolute Gasteiger partial charge is 0.347 e. The minimum absolute atomic E-state index is 0.0715. The van der Waals surface area contributed by atoms with Crippen LogP contribution in [0.1, 0.15) is 23.7 Å². The number of nitrogens with zero attached hydrogens (tertiary/aromatic N) is 2. The maximum Gasteiger partial charge on any atom is 0.251 e. The quantitative estimate of drug-likeness (QED) is 0.840. The van der Waals surface area contributed by atoms with Crippen LogP contribution in [0.2, 0.25) is 0 Å². The zero-order valence-corrected chi connectivity index (χ0v) is 11.9. The number of carbonyl (C=O) groups is 2. The van der Waals surface area contributed by atoms with Gasteiger partial charge in [-0.05, 0) is 17.9 Å². The van der Waals surface area contributed by atoms with E-state index in [0.29, 0.717) is 18.5 Å². The number of carbonyl (C=O) groups excluding carboxylic acids is 2. The van der Waals surface area contributed by atoms with E-state index in [2.05, 4.69) is 10.3 Å². The fourth-order valence-electron chi connectivity index (χ4n) is 2.01. The molecule has 1 atom stereocenters. The van der Waals surface area contributed by atoms with Gasteiger partial charge >= 0.3 is 0 Å². The summed E-state index contributed by atoms with van der Waals surface area (Å²) in [7, 11) is 1.75. The molecular formula is C13H17N3O2S. The minimum atomic E-state index is -0.145. The van der Waals surface area contributed by atoms with Crippen molar-refractivity contribution in [2.24, 2.45) is 0 Å². The molecule has 1 aromatic heterocycles. The van der Waals surface area contributed by atoms with Gasteiger partial charge in [0, 0.05) is 31.8 Å². The van der Waals surface area contributed by atoms with Gasteiger partial charge < -0.3 is 10.2 Å². The lowest BCUT2D eigenvalue weighted by atomic mass is 10.2. The number of rotatable bonds is 4. The first kappa shape index (κ1) is 13.9. The fraction of sp³-hybridized carbons (Fsp3) is 0.462. The summed E-state index contributed by atoms with van der Waals surface area (Å²) in [5.74, 6) is 0.843. The van der Waals surface area contributed by atoms with Crippen LogP contribution in [-0.4, -0.2) is 47.1 Å². The van der Waals surface area contributed by atoms with Crippen LogP contribution in [-0.2, 0) is 4.79 Å². The molecule has 0 saturated carbocycles. The Bertz CT molecular complexity index is 493. The maximum absolute atomic E-state index is 12.1. The van der Waals surface area contributed by atoms with Gasteiger partial charge in [0.2, 0.25) is 5.91 Å². The summed E-state index contributed by atoms with van der Waals surface area (Å²) in [6.45, 7) is 2.62. The number of nitrogens with one attached hydrogen (secondary N) is 1. The lowest BCUT2D eigenvalue weighted by Gasteiger charge is -2.12. The summed E-state index contributed by atoms with van der Waals surface area (Å²) in [6, 6.07) is 3.37. The number of pyridine rings is 1. The number of aromatic nitrogens is 1. The van der Waals surface area contributed by atoms with Crippen molar-refractivity contribution in [1.29, 1.82) is 0 Å². The molecule has 2 heterocycles. The van der Waals surface area contributed by atoms with E-state index in [1.165, 1.54) is 0 Å². The van der Waals surface area contributed by atoms with Crippen molar-refractivity contribution >= 4 is 23.6 Å². The molecule has 102 valence electrons. The molecule has 0 bridgehead atoms. The van der Waals surface area contributed by atoms with Crippen LogP contribution in [0.4, 0.5) is 0 Å². The van der Waals surface area contributed by atoms with Gasteiger partial charge in [0.1, 0.15) is 0 Å². The molecule has 1 aliphatic heterocycles. The lowest BCUT2D eigenvalue weighted by Crippen LogP contribution is -2.36. The Morgan fingerprint density at radius 2 is 2.42 bits per heavy atom. The summed E-state index contributed by atoms with van der Waals surface area (Å²) in [5.41, 5.74) is 0.591. The molecule has 1 aliphatic rings. The van der Waals surface area contributed by atoms with E-state index in [-0.39, 0.29) is 17.9 Å². The highest BCUT2D eigenvalue weighted by molar-refractivity contribution is 7.99. The lowest BCUT2D eigenvalue weighted by molar-refractivity contribution is -0.126. The van der Waals surface area contributed by atoms with Gasteiger partial charge in [0.05, 0.1) is 11.1 Å². The molecule has 1 saturated heterocycles. The summed E-state index contributed by atoms with van der Waals surface area (Å²) in [4.78, 5) is 29.3. The molecule has 19 heavy (non-hydrogen) atoms. The monoisotopic (exact) mass is 279 g/mol. The molecule has 5 nitrogen and oxygen atoms in total. The predicted octanol–water partition coefficient (Wildman–Crippen LogP) is 1.15. The summed E-state index contributed by atoms with van der Waals surface area (Å²) in [5, 5.41) is 3.73. The van der Waals surface area contributed by atoms with Crippen LogP contribution >= 0.6 is 11.8 Å². The molecular weight excluding hydrogens is 262 g/mol. The van der Waals surface area contributed by atoms with Gasteiger partial charge in [0.25, 0.3) is 5.91 Å². The van der Waals surface area contributed by atoms with Crippen LogP contribution < -0.4 is 5.32 Å². The second kappa shape index (κ2) is 6.06. The molecule has 1 unspecified atom stereocenters. The van der Waals surface area contributed by atoms with Gasteiger partial charge in [-0.1, -0.05) is 6.92 Å². The van der Waals surface area contributed by atoms with Crippen LogP contribution in [0.15, 0.2) is 23.4 Å². The Morgan fingerprint density at radius 3 is 3.05 bits per heavy atom. The molecule has 2 rings (SSSR count). The predicted molar refractivity (Wildman–Crippen MR) is 74.1 cm³/mol. The number of likely N-dealkylation sites (N-methyl/N-ethyl adjacent to an activating group) is 1. The Kier molecular flexibility index (Phi) is 4.42. The topological polar surface area (TPSA) is 62.3 Å². The SMILES string of the molecule is CCSc1cc(C(=O)NC2CC(=O)N(C)C2)ccn1. The van der Waals surface area contributed by atoms with Crippen molar-refractivity contribution < 1.29 is 9.59 Å². The first-order chi connectivity index (χ1) is 9.10. The Hall–Kier alpha value is -1.56. The number of thioether (sulfide) groups is 1. The van der Waals surface area contributed by atoms with Crippen molar-refractivity contribution in [3.8, 4) is 0 Å². The third-order valence-electron chi connectivity index (χ3n) is 2.97. The summed E-state index contributed by atoms with van der Waals surface area (Å²) < 4.78 is 0. The van der Waals surface area contributed by atoms with Crippen LogP contribution in [0, 0.1) is 0 Å². The molecule has 2 amide bonds. The van der Waals surface area contributed by atoms with E-state index in [9.17, 15) is 9.59 Å². The van der Waals surface area contributed by atoms with E-state index in [4.69, 9.17) is 0 Å². The number of hydrogen-bond donors (Lipinski definition) is 1. The van der Waals surface area contributed by atoms with Gasteiger partial charge in [-0.25, -0.2) is 4.98 Å². The zero-order chi connectivity index (χ0) is 13.8. The number of likely N-dealkylation sites (tertiary alicyclic amines) is 1. The molecule has 6 heteroatoms. The second-order valence-corrected chi connectivity index (χ2v) is 5.75. The Balaban J connectivity index is 2.00. The maximum atomic E-state index is 12.1. The van der Waals surface area contributed by atoms with Gasteiger partial charge in [-0.3, -0.25) is 9.59 Å². The average molecular weight is 279 g/mol. The first-order valence-electron chi connectivity index (χ1n) is 6.24. The molecule has 0 aromatic carbocycles. The third-order valence-corrected chi connectivity index (χ3v) is 3.77. The number of hydrogen-bond acceptors (Lipinski definition) is 4. The highest BCUT2D eigenvalue weighted by Gasteiger charge is 2.28. The van der Waals surface area contributed by atoms with E-state index < -0.39 is 0 Å². The standard InChI is InChI=1S/C13H17N3O2S/c1-3-19-11-6-9(4-5-14-11)13(18)15-10-7-12(17)16(2)8-10/h4-6,10H,3,7-8H2,1-2H3,(H,15,18). The first-order valence-corrected chi connectivity index (χ1v) is 7.22. The summed E-state index contributed by atoms with van der Waals surface area (Å²) in [6.07, 6.45) is 2.02. The number of amides is 2. The minimum Gasteiger partial charge on any atom is -0.347 e. The molecule has 1 N–H and O–H groups in total. The molecule has 1 aromatic rings. The normalized spacial score (nSPS) is 18.7. The van der Waals surface area contributed by atoms with Crippen molar-refractivity contribution in [2.75, 3.05) is 19.3 Å². The van der Waals surface area contributed by atoms with Gasteiger partial charge in [0.15, 0.2) is 0 Å². The average Bonchev–Trinajstić information content (AvgIpc) is 2.69.